The van der Waals surface area contributed by atoms with Gasteiger partial charge in [0.25, 0.3) is 0 Å². The molecule has 0 saturated carbocycles. The number of rotatable bonds is 8. The molecule has 0 aliphatic carbocycles. The molecule has 2 aromatic carbocycles. The minimum Gasteiger partial charge on any atom is -0.493 e. The standard InChI is InChI=1S/C23H30N2O3/c1-14-9-10-18-17(8-6-7-11-24)22(25-21(18)15(14)2)16-12-19(26-3)23(28-5)20(13-16)27-4/h9-10,12-13,25H,6-8,11,24H2,1-5H3. The number of benzene rings is 2. The number of hydrogen-bond donors (Lipinski definition) is 2. The van der Waals surface area contributed by atoms with Gasteiger partial charge in [-0.15, -0.1) is 0 Å². The Hall–Kier alpha value is -2.66. The number of aryl methyl sites for hydroxylation is 3. The highest BCUT2D eigenvalue weighted by Gasteiger charge is 2.19. The predicted octanol–water partition coefficient (Wildman–Crippen LogP) is 4.76. The minimum atomic E-state index is 0.599. The number of nitrogens with one attached hydrogen (secondary N) is 1. The molecule has 0 unspecified atom stereocenters. The fourth-order valence-electron chi connectivity index (χ4n) is 3.74. The Bertz CT molecular complexity index is 951. The van der Waals surface area contributed by atoms with Crippen LogP contribution >= 0.6 is 0 Å². The third kappa shape index (κ3) is 3.54. The maximum absolute atomic E-state index is 5.73. The molecule has 0 bridgehead atoms. The lowest BCUT2D eigenvalue weighted by Gasteiger charge is -2.14. The summed E-state index contributed by atoms with van der Waals surface area (Å²) in [7, 11) is 4.90. The van der Waals surface area contributed by atoms with Crippen LogP contribution in [0.5, 0.6) is 17.2 Å². The summed E-state index contributed by atoms with van der Waals surface area (Å²) in [6.45, 7) is 5.01. The maximum Gasteiger partial charge on any atom is 0.203 e. The molecule has 1 heterocycles. The van der Waals surface area contributed by atoms with Gasteiger partial charge in [-0.3, -0.25) is 0 Å². The topological polar surface area (TPSA) is 69.5 Å². The van der Waals surface area contributed by atoms with Crippen molar-refractivity contribution >= 4 is 10.9 Å². The van der Waals surface area contributed by atoms with Gasteiger partial charge >= 0.3 is 0 Å². The van der Waals surface area contributed by atoms with Gasteiger partial charge in [-0.25, -0.2) is 0 Å². The molecule has 3 rings (SSSR count). The quantitative estimate of drug-likeness (QED) is 0.551. The molecule has 150 valence electrons. The Morgan fingerprint density at radius 3 is 2.18 bits per heavy atom. The zero-order chi connectivity index (χ0) is 20.3. The van der Waals surface area contributed by atoms with Crippen LogP contribution in [-0.4, -0.2) is 32.9 Å². The van der Waals surface area contributed by atoms with Gasteiger partial charge in [0.05, 0.1) is 21.3 Å². The number of nitrogens with two attached hydrogens (primary N) is 1. The summed E-state index contributed by atoms with van der Waals surface area (Å²) in [4.78, 5) is 3.67. The summed E-state index contributed by atoms with van der Waals surface area (Å²) < 4.78 is 16.6. The number of hydrogen-bond acceptors (Lipinski definition) is 4. The summed E-state index contributed by atoms with van der Waals surface area (Å²) in [5.74, 6) is 1.90. The first kappa shape index (κ1) is 20.1. The summed E-state index contributed by atoms with van der Waals surface area (Å²) in [6.07, 6.45) is 3.02. The first-order valence-electron chi connectivity index (χ1n) is 9.66. The van der Waals surface area contributed by atoms with Gasteiger partial charge < -0.3 is 24.9 Å². The summed E-state index contributed by atoms with van der Waals surface area (Å²) >= 11 is 0. The highest BCUT2D eigenvalue weighted by molar-refractivity contribution is 5.93. The molecule has 28 heavy (non-hydrogen) atoms. The molecule has 3 N–H and O–H groups in total. The van der Waals surface area contributed by atoms with Crippen LogP contribution in [0.3, 0.4) is 0 Å². The average molecular weight is 383 g/mol. The predicted molar refractivity (Wildman–Crippen MR) is 115 cm³/mol. The normalized spacial score (nSPS) is 11.1. The molecule has 5 heteroatoms. The van der Waals surface area contributed by atoms with E-state index in [-0.39, 0.29) is 0 Å². The monoisotopic (exact) mass is 382 g/mol. The lowest BCUT2D eigenvalue weighted by Crippen LogP contribution is -2.00. The number of aromatic amines is 1. The second kappa shape index (κ2) is 8.57. The molecular formula is C23H30N2O3. The van der Waals surface area contributed by atoms with Crippen LogP contribution in [-0.2, 0) is 6.42 Å². The lowest BCUT2D eigenvalue weighted by molar-refractivity contribution is 0.324. The molecule has 5 nitrogen and oxygen atoms in total. The van der Waals surface area contributed by atoms with Gasteiger partial charge in [0.2, 0.25) is 5.75 Å². The molecule has 0 amide bonds. The van der Waals surface area contributed by atoms with Crippen molar-refractivity contribution in [3.8, 4) is 28.5 Å². The molecule has 0 spiro atoms. The Kier molecular flexibility index (Phi) is 6.15. The number of aromatic nitrogens is 1. The van der Waals surface area contributed by atoms with Gasteiger partial charge in [-0.2, -0.15) is 0 Å². The molecule has 0 atom stereocenters. The van der Waals surface area contributed by atoms with E-state index in [0.717, 1.165) is 30.5 Å². The van der Waals surface area contributed by atoms with Crippen LogP contribution in [0.4, 0.5) is 0 Å². The van der Waals surface area contributed by atoms with Crippen LogP contribution in [0.1, 0.15) is 29.5 Å². The summed E-state index contributed by atoms with van der Waals surface area (Å²) in [6, 6.07) is 8.41. The highest BCUT2D eigenvalue weighted by atomic mass is 16.5. The van der Waals surface area contributed by atoms with Gasteiger partial charge in [-0.1, -0.05) is 12.1 Å². The van der Waals surface area contributed by atoms with Crippen molar-refractivity contribution in [1.29, 1.82) is 0 Å². The van der Waals surface area contributed by atoms with Gasteiger partial charge in [-0.05, 0) is 68.5 Å². The zero-order valence-electron chi connectivity index (χ0n) is 17.4. The smallest absolute Gasteiger partial charge is 0.203 e. The van der Waals surface area contributed by atoms with Crippen LogP contribution in [0.2, 0.25) is 0 Å². The van der Waals surface area contributed by atoms with Crippen molar-refractivity contribution in [3.05, 3.63) is 41.0 Å². The van der Waals surface area contributed by atoms with E-state index >= 15 is 0 Å². The molecular weight excluding hydrogens is 352 g/mol. The van der Waals surface area contributed by atoms with Gasteiger partial charge in [0.1, 0.15) is 0 Å². The molecule has 3 aromatic rings. The van der Waals surface area contributed by atoms with Crippen molar-refractivity contribution in [1.82, 2.24) is 4.98 Å². The van der Waals surface area contributed by atoms with E-state index in [0.29, 0.717) is 23.8 Å². The Balaban J connectivity index is 2.24. The van der Waals surface area contributed by atoms with Gasteiger partial charge in [0.15, 0.2) is 11.5 Å². The van der Waals surface area contributed by atoms with E-state index in [2.05, 4.69) is 31.0 Å². The van der Waals surface area contributed by atoms with Crippen molar-refractivity contribution in [3.63, 3.8) is 0 Å². The highest BCUT2D eigenvalue weighted by Crippen LogP contribution is 2.43. The van der Waals surface area contributed by atoms with Crippen molar-refractivity contribution in [2.45, 2.75) is 33.1 Å². The van der Waals surface area contributed by atoms with E-state index in [9.17, 15) is 0 Å². The minimum absolute atomic E-state index is 0.599. The third-order valence-corrected chi connectivity index (χ3v) is 5.45. The SMILES string of the molecule is COc1cc(-c2[nH]c3c(C)c(C)ccc3c2CCCCN)cc(OC)c1OC. The third-order valence-electron chi connectivity index (χ3n) is 5.45. The molecule has 0 saturated heterocycles. The molecule has 0 fully saturated rings. The molecule has 0 aliphatic heterocycles. The van der Waals surface area contributed by atoms with E-state index in [1.165, 1.54) is 27.6 Å². The number of methoxy groups -OCH3 is 3. The van der Waals surface area contributed by atoms with E-state index in [1.807, 2.05) is 12.1 Å². The fraction of sp³-hybridized carbons (Fsp3) is 0.391. The van der Waals surface area contributed by atoms with Crippen LogP contribution in [0.15, 0.2) is 24.3 Å². The largest absolute Gasteiger partial charge is 0.493 e. The Morgan fingerprint density at radius 2 is 1.61 bits per heavy atom. The number of H-pyrrole nitrogens is 1. The average Bonchev–Trinajstić information content (AvgIpc) is 3.09. The lowest BCUT2D eigenvalue weighted by atomic mass is 9.98. The second-order valence-electron chi connectivity index (χ2n) is 7.07. The number of unbranched alkanes of at least 4 members (excludes halogenated alkanes) is 1. The first-order valence-corrected chi connectivity index (χ1v) is 9.66. The molecule has 1 aromatic heterocycles. The maximum atomic E-state index is 5.73. The van der Waals surface area contributed by atoms with E-state index in [1.54, 1.807) is 21.3 Å². The van der Waals surface area contributed by atoms with E-state index < -0.39 is 0 Å². The summed E-state index contributed by atoms with van der Waals surface area (Å²) in [5.41, 5.74) is 12.9. The molecule has 0 aliphatic rings. The zero-order valence-corrected chi connectivity index (χ0v) is 17.4. The van der Waals surface area contributed by atoms with Crippen LogP contribution in [0.25, 0.3) is 22.2 Å². The van der Waals surface area contributed by atoms with Crippen molar-refractivity contribution in [2.75, 3.05) is 27.9 Å². The second-order valence-corrected chi connectivity index (χ2v) is 7.07. The van der Waals surface area contributed by atoms with Crippen molar-refractivity contribution in [2.24, 2.45) is 5.73 Å². The molecule has 0 radical (unpaired) electrons. The number of ether oxygens (including phenoxy) is 3. The summed E-state index contributed by atoms with van der Waals surface area (Å²) in [5, 5.41) is 1.27. The number of fused-ring (bicyclic) bond motifs is 1. The van der Waals surface area contributed by atoms with Crippen molar-refractivity contribution < 1.29 is 14.2 Å². The van der Waals surface area contributed by atoms with Crippen LogP contribution in [0, 0.1) is 13.8 Å². The Morgan fingerprint density at radius 1 is 0.929 bits per heavy atom. The fourth-order valence-corrected chi connectivity index (χ4v) is 3.74. The van der Waals surface area contributed by atoms with Crippen LogP contribution < -0.4 is 19.9 Å². The Labute approximate surface area is 166 Å². The van der Waals surface area contributed by atoms with Gasteiger partial charge in [0, 0.05) is 22.2 Å². The first-order chi connectivity index (χ1) is 13.5. The van der Waals surface area contributed by atoms with E-state index in [4.69, 9.17) is 19.9 Å².